The molecule has 1 aromatic heterocycles. The van der Waals surface area contributed by atoms with Crippen molar-refractivity contribution in [2.75, 3.05) is 7.05 Å². The lowest BCUT2D eigenvalue weighted by Crippen LogP contribution is -2.46. The monoisotopic (exact) mass is 260 g/mol. The van der Waals surface area contributed by atoms with Gasteiger partial charge < -0.3 is 5.32 Å². The van der Waals surface area contributed by atoms with Gasteiger partial charge in [0.1, 0.15) is 5.54 Å². The molecule has 19 heavy (non-hydrogen) atoms. The van der Waals surface area contributed by atoms with Crippen LogP contribution >= 0.6 is 0 Å². The summed E-state index contributed by atoms with van der Waals surface area (Å²) >= 11 is 0. The molecule has 0 saturated heterocycles. The molecule has 4 nitrogen and oxygen atoms in total. The van der Waals surface area contributed by atoms with Gasteiger partial charge in [0.2, 0.25) is 0 Å². The Morgan fingerprint density at radius 3 is 2.89 bits per heavy atom. The molecule has 1 fully saturated rings. The van der Waals surface area contributed by atoms with Gasteiger partial charge in [-0.3, -0.25) is 4.68 Å². The Morgan fingerprint density at radius 1 is 1.53 bits per heavy atom. The van der Waals surface area contributed by atoms with Crippen LogP contribution in [0.25, 0.3) is 0 Å². The summed E-state index contributed by atoms with van der Waals surface area (Å²) in [5, 5.41) is 17.4. The highest BCUT2D eigenvalue weighted by Crippen LogP contribution is 2.35. The van der Waals surface area contributed by atoms with Gasteiger partial charge in [0, 0.05) is 12.1 Å². The molecule has 104 valence electrons. The minimum Gasteiger partial charge on any atom is -0.302 e. The molecule has 0 amide bonds. The van der Waals surface area contributed by atoms with E-state index in [1.54, 1.807) is 0 Å². The number of nitrogens with zero attached hydrogens (tertiary/aromatic N) is 3. The van der Waals surface area contributed by atoms with E-state index in [9.17, 15) is 5.26 Å². The van der Waals surface area contributed by atoms with Crippen molar-refractivity contribution in [3.05, 3.63) is 17.5 Å². The number of aryl methyl sites for hydroxylation is 2. The molecule has 0 aromatic carbocycles. The van der Waals surface area contributed by atoms with Crippen molar-refractivity contribution in [1.82, 2.24) is 15.1 Å². The van der Waals surface area contributed by atoms with Gasteiger partial charge in [-0.1, -0.05) is 13.8 Å². The Labute approximate surface area is 115 Å². The molecule has 1 heterocycles. The molecule has 0 radical (unpaired) electrons. The van der Waals surface area contributed by atoms with Gasteiger partial charge in [0.15, 0.2) is 0 Å². The van der Waals surface area contributed by atoms with Crippen molar-refractivity contribution in [1.29, 1.82) is 5.26 Å². The van der Waals surface area contributed by atoms with Crippen LogP contribution in [0.1, 0.15) is 57.0 Å². The summed E-state index contributed by atoms with van der Waals surface area (Å²) in [4.78, 5) is 0. The van der Waals surface area contributed by atoms with Crippen molar-refractivity contribution >= 4 is 0 Å². The molecular formula is C15H24N4. The third-order valence-corrected chi connectivity index (χ3v) is 4.35. The number of nitrogens with one attached hydrogen (secondary N) is 1. The van der Waals surface area contributed by atoms with Crippen LogP contribution in [-0.2, 0) is 12.8 Å². The number of nitriles is 1. The Morgan fingerprint density at radius 2 is 2.32 bits per heavy atom. The third-order valence-electron chi connectivity index (χ3n) is 4.35. The average Bonchev–Trinajstić information content (AvgIpc) is 2.90. The number of aromatic nitrogens is 2. The second-order valence-corrected chi connectivity index (χ2v) is 5.47. The molecule has 0 bridgehead atoms. The lowest BCUT2D eigenvalue weighted by Gasteiger charge is -2.36. The van der Waals surface area contributed by atoms with Gasteiger partial charge in [0.25, 0.3) is 0 Å². The highest BCUT2D eigenvalue weighted by atomic mass is 15.3. The van der Waals surface area contributed by atoms with Gasteiger partial charge in [0.05, 0.1) is 17.8 Å². The van der Waals surface area contributed by atoms with Gasteiger partial charge in [-0.15, -0.1) is 0 Å². The summed E-state index contributed by atoms with van der Waals surface area (Å²) < 4.78 is 2.18. The first kappa shape index (κ1) is 14.1. The first-order valence-electron chi connectivity index (χ1n) is 7.35. The van der Waals surface area contributed by atoms with Crippen molar-refractivity contribution in [3.63, 3.8) is 0 Å². The van der Waals surface area contributed by atoms with Crippen molar-refractivity contribution in [2.24, 2.45) is 0 Å². The molecule has 2 rings (SSSR count). The summed E-state index contributed by atoms with van der Waals surface area (Å²) in [5.41, 5.74) is 2.09. The predicted molar refractivity (Wildman–Crippen MR) is 75.9 cm³/mol. The topological polar surface area (TPSA) is 53.6 Å². The Kier molecular flexibility index (Phi) is 4.26. The van der Waals surface area contributed by atoms with Gasteiger partial charge in [-0.2, -0.15) is 10.4 Å². The lowest BCUT2D eigenvalue weighted by molar-refractivity contribution is 0.226. The van der Waals surface area contributed by atoms with Crippen LogP contribution in [0.5, 0.6) is 0 Å². The van der Waals surface area contributed by atoms with Gasteiger partial charge in [-0.25, -0.2) is 0 Å². The molecule has 1 N–H and O–H groups in total. The molecule has 1 aliphatic carbocycles. The molecule has 2 unspecified atom stereocenters. The number of hydrogen-bond acceptors (Lipinski definition) is 3. The lowest BCUT2D eigenvalue weighted by atomic mass is 9.80. The van der Waals surface area contributed by atoms with E-state index < -0.39 is 0 Å². The van der Waals surface area contributed by atoms with Crippen molar-refractivity contribution < 1.29 is 0 Å². The normalized spacial score (nSPS) is 27.2. The van der Waals surface area contributed by atoms with E-state index in [2.05, 4.69) is 36.0 Å². The maximum Gasteiger partial charge on any atom is 0.108 e. The summed E-state index contributed by atoms with van der Waals surface area (Å²) in [7, 11) is 1.90. The smallest absolute Gasteiger partial charge is 0.108 e. The maximum atomic E-state index is 9.44. The van der Waals surface area contributed by atoms with E-state index in [1.807, 2.05) is 7.05 Å². The fourth-order valence-electron chi connectivity index (χ4n) is 3.08. The fourth-order valence-corrected chi connectivity index (χ4v) is 3.08. The van der Waals surface area contributed by atoms with E-state index in [0.717, 1.165) is 44.2 Å². The minimum atomic E-state index is -0.369. The third kappa shape index (κ3) is 2.66. The van der Waals surface area contributed by atoms with E-state index in [1.165, 1.54) is 5.69 Å². The number of rotatable bonds is 4. The summed E-state index contributed by atoms with van der Waals surface area (Å²) in [6.45, 7) is 4.31. The van der Waals surface area contributed by atoms with Gasteiger partial charge in [-0.05, 0) is 45.2 Å². The van der Waals surface area contributed by atoms with Crippen LogP contribution in [0.2, 0.25) is 0 Å². The quantitative estimate of drug-likeness (QED) is 0.905. The molecule has 1 aromatic rings. The zero-order chi connectivity index (χ0) is 13.9. The first-order chi connectivity index (χ1) is 9.18. The van der Waals surface area contributed by atoms with E-state index in [-0.39, 0.29) is 5.54 Å². The minimum absolute atomic E-state index is 0.357. The Hall–Kier alpha value is -1.34. The summed E-state index contributed by atoms with van der Waals surface area (Å²) in [6.07, 6.45) is 5.99. The van der Waals surface area contributed by atoms with E-state index >= 15 is 0 Å². The molecule has 4 heteroatoms. The van der Waals surface area contributed by atoms with Gasteiger partial charge >= 0.3 is 0 Å². The van der Waals surface area contributed by atoms with Crippen LogP contribution in [0.4, 0.5) is 0 Å². The highest BCUT2D eigenvalue weighted by Gasteiger charge is 2.36. The molecular weight excluding hydrogens is 236 g/mol. The zero-order valence-electron chi connectivity index (χ0n) is 12.2. The number of hydrogen-bond donors (Lipinski definition) is 1. The largest absolute Gasteiger partial charge is 0.302 e. The predicted octanol–water partition coefficient (Wildman–Crippen LogP) is 2.60. The van der Waals surface area contributed by atoms with Crippen LogP contribution in [0, 0.1) is 11.3 Å². The van der Waals surface area contributed by atoms with Crippen LogP contribution in [-0.4, -0.2) is 22.4 Å². The van der Waals surface area contributed by atoms with Crippen molar-refractivity contribution in [2.45, 2.75) is 64.0 Å². The maximum absolute atomic E-state index is 9.44. The fraction of sp³-hybridized carbons (Fsp3) is 0.733. The molecule has 2 atom stereocenters. The SMILES string of the molecule is CCc1cc(CC)n(C2CCCC(C#N)(NC)C2)n1. The summed E-state index contributed by atoms with van der Waals surface area (Å²) in [5.74, 6) is 0. The Bertz CT molecular complexity index is 471. The molecule has 0 aliphatic heterocycles. The Balaban J connectivity index is 2.26. The second kappa shape index (κ2) is 5.75. The molecule has 1 aliphatic rings. The summed E-state index contributed by atoms with van der Waals surface area (Å²) in [6, 6.07) is 5.04. The van der Waals surface area contributed by atoms with Crippen LogP contribution < -0.4 is 5.32 Å². The molecule has 0 spiro atoms. The molecule has 1 saturated carbocycles. The van der Waals surface area contributed by atoms with Crippen LogP contribution in [0.15, 0.2) is 6.07 Å². The van der Waals surface area contributed by atoms with E-state index in [4.69, 9.17) is 5.10 Å². The van der Waals surface area contributed by atoms with Crippen molar-refractivity contribution in [3.8, 4) is 6.07 Å². The van der Waals surface area contributed by atoms with Crippen LogP contribution in [0.3, 0.4) is 0 Å². The highest BCUT2D eigenvalue weighted by molar-refractivity contribution is 5.14. The first-order valence-corrected chi connectivity index (χ1v) is 7.35. The van der Waals surface area contributed by atoms with E-state index in [0.29, 0.717) is 6.04 Å². The standard InChI is InChI=1S/C15H24N4/c1-4-12-9-13(5-2)19(18-12)14-7-6-8-15(10-14,11-16)17-3/h9,14,17H,4-8,10H2,1-3H3. The zero-order valence-corrected chi connectivity index (χ0v) is 12.2. The second-order valence-electron chi connectivity index (χ2n) is 5.47. The average molecular weight is 260 g/mol.